The molecule has 2 amide bonds. The zero-order valence-electron chi connectivity index (χ0n) is 15.6. The molecular formula is C20H21N5O3. The third-order valence-corrected chi connectivity index (χ3v) is 4.40. The lowest BCUT2D eigenvalue weighted by atomic mass is 10.2. The van der Waals surface area contributed by atoms with Gasteiger partial charge in [0.15, 0.2) is 0 Å². The number of nitrogens with zero attached hydrogens (tertiary/aromatic N) is 4. The zero-order chi connectivity index (χ0) is 19.9. The lowest BCUT2D eigenvalue weighted by molar-refractivity contribution is 0.0566. The molecule has 0 atom stereocenters. The number of pyridine rings is 1. The van der Waals surface area contributed by atoms with Crippen LogP contribution in [0.15, 0.2) is 42.6 Å². The smallest absolute Gasteiger partial charge is 0.409 e. The number of hydrogen-bond acceptors (Lipinski definition) is 6. The number of rotatable bonds is 4. The highest BCUT2D eigenvalue weighted by Gasteiger charge is 2.26. The number of piperazine rings is 1. The van der Waals surface area contributed by atoms with Crippen molar-refractivity contribution in [1.29, 1.82) is 5.26 Å². The number of benzene rings is 1. The molecule has 8 nitrogen and oxygen atoms in total. The summed E-state index contributed by atoms with van der Waals surface area (Å²) in [4.78, 5) is 31.9. The number of para-hydroxylation sites is 1. The summed E-state index contributed by atoms with van der Waals surface area (Å²) in [6.07, 6.45) is 1.22. The van der Waals surface area contributed by atoms with Crippen LogP contribution in [0.25, 0.3) is 0 Å². The van der Waals surface area contributed by atoms with Crippen molar-refractivity contribution in [3.63, 3.8) is 0 Å². The molecule has 1 fully saturated rings. The first kappa shape index (κ1) is 19.2. The second kappa shape index (κ2) is 8.86. The molecule has 1 aromatic heterocycles. The molecule has 2 aromatic rings. The van der Waals surface area contributed by atoms with Gasteiger partial charge in [0.2, 0.25) is 0 Å². The van der Waals surface area contributed by atoms with E-state index in [0.29, 0.717) is 55.4 Å². The van der Waals surface area contributed by atoms with E-state index in [2.05, 4.69) is 16.4 Å². The Balaban J connectivity index is 1.60. The molecule has 1 N–H and O–H groups in total. The first-order chi connectivity index (χ1) is 13.6. The third-order valence-electron chi connectivity index (χ3n) is 4.40. The number of carbonyl (C=O) groups excluding carboxylic acids is 2. The van der Waals surface area contributed by atoms with Gasteiger partial charge in [0, 0.05) is 26.2 Å². The van der Waals surface area contributed by atoms with E-state index in [-0.39, 0.29) is 12.0 Å². The van der Waals surface area contributed by atoms with Gasteiger partial charge in [0.1, 0.15) is 11.8 Å². The number of ether oxygens (including phenoxy) is 1. The van der Waals surface area contributed by atoms with Crippen LogP contribution in [0.2, 0.25) is 0 Å². The maximum Gasteiger partial charge on any atom is 0.409 e. The summed E-state index contributed by atoms with van der Waals surface area (Å²) in [6, 6.07) is 12.7. The topological polar surface area (TPSA) is 98.6 Å². The fourth-order valence-corrected chi connectivity index (χ4v) is 2.91. The number of aromatic nitrogens is 1. The van der Waals surface area contributed by atoms with Gasteiger partial charge in [0.05, 0.1) is 29.7 Å². The molecule has 0 saturated carbocycles. The van der Waals surface area contributed by atoms with Crippen LogP contribution >= 0.6 is 0 Å². The van der Waals surface area contributed by atoms with E-state index in [0.717, 1.165) is 0 Å². The van der Waals surface area contributed by atoms with E-state index < -0.39 is 0 Å². The predicted octanol–water partition coefficient (Wildman–Crippen LogP) is 2.61. The molecule has 0 bridgehead atoms. The number of nitriles is 1. The summed E-state index contributed by atoms with van der Waals surface area (Å²) in [5.41, 5.74) is 2.23. The van der Waals surface area contributed by atoms with E-state index >= 15 is 0 Å². The minimum atomic E-state index is -0.346. The van der Waals surface area contributed by atoms with Crippen LogP contribution in [0.3, 0.4) is 0 Å². The minimum Gasteiger partial charge on any atom is -0.450 e. The molecule has 0 radical (unpaired) electrons. The highest BCUT2D eigenvalue weighted by molar-refractivity contribution is 5.92. The molecule has 1 saturated heterocycles. The Morgan fingerprint density at radius 3 is 2.50 bits per heavy atom. The van der Waals surface area contributed by atoms with Crippen LogP contribution in [0.1, 0.15) is 23.0 Å². The fraction of sp³-hybridized carbons (Fsp3) is 0.300. The Morgan fingerprint density at radius 2 is 1.86 bits per heavy atom. The van der Waals surface area contributed by atoms with Gasteiger partial charge in [-0.3, -0.25) is 4.79 Å². The molecule has 8 heteroatoms. The number of nitrogens with one attached hydrogen (secondary N) is 1. The molecule has 1 aliphatic heterocycles. The number of hydrogen-bond donors (Lipinski definition) is 1. The molecule has 144 valence electrons. The molecule has 0 aliphatic carbocycles. The summed E-state index contributed by atoms with van der Waals surface area (Å²) >= 11 is 0. The van der Waals surface area contributed by atoms with Gasteiger partial charge in [-0.1, -0.05) is 12.1 Å². The van der Waals surface area contributed by atoms with Gasteiger partial charge in [-0.25, -0.2) is 9.78 Å². The third kappa shape index (κ3) is 4.38. The predicted molar refractivity (Wildman–Crippen MR) is 103 cm³/mol. The van der Waals surface area contributed by atoms with Crippen LogP contribution in [0.4, 0.5) is 16.2 Å². The zero-order valence-corrected chi connectivity index (χ0v) is 15.6. The maximum atomic E-state index is 12.6. The highest BCUT2D eigenvalue weighted by Crippen LogP contribution is 2.20. The van der Waals surface area contributed by atoms with Crippen molar-refractivity contribution in [2.75, 3.05) is 38.1 Å². The molecular weight excluding hydrogens is 358 g/mol. The Bertz CT molecular complexity index is 883. The SMILES string of the molecule is CCOC(=O)N1CCN(C(=O)c2ccc(Nc3ccccc3C#N)cn2)CC1. The average molecular weight is 379 g/mol. The number of carbonyl (C=O) groups is 2. The molecule has 28 heavy (non-hydrogen) atoms. The van der Waals surface area contributed by atoms with Crippen LogP contribution in [0, 0.1) is 11.3 Å². The van der Waals surface area contributed by atoms with E-state index in [1.807, 2.05) is 6.07 Å². The van der Waals surface area contributed by atoms with E-state index in [1.165, 1.54) is 0 Å². The van der Waals surface area contributed by atoms with Crippen molar-refractivity contribution in [3.8, 4) is 6.07 Å². The van der Waals surface area contributed by atoms with Crippen molar-refractivity contribution in [3.05, 3.63) is 53.9 Å². The Labute approximate surface area is 163 Å². The monoisotopic (exact) mass is 379 g/mol. The minimum absolute atomic E-state index is 0.174. The summed E-state index contributed by atoms with van der Waals surface area (Å²) in [6.45, 7) is 3.86. The molecule has 2 heterocycles. The fourth-order valence-electron chi connectivity index (χ4n) is 2.91. The van der Waals surface area contributed by atoms with Gasteiger partial charge in [-0.2, -0.15) is 5.26 Å². The number of amides is 2. The van der Waals surface area contributed by atoms with Crippen LogP contribution in [0.5, 0.6) is 0 Å². The molecule has 1 aromatic carbocycles. The molecule has 0 spiro atoms. The van der Waals surface area contributed by atoms with Gasteiger partial charge >= 0.3 is 6.09 Å². The second-order valence-corrected chi connectivity index (χ2v) is 6.19. The van der Waals surface area contributed by atoms with E-state index in [1.54, 1.807) is 53.3 Å². The van der Waals surface area contributed by atoms with Crippen molar-refractivity contribution in [2.24, 2.45) is 0 Å². The van der Waals surface area contributed by atoms with Crippen molar-refractivity contribution >= 4 is 23.4 Å². The lowest BCUT2D eigenvalue weighted by Gasteiger charge is -2.33. The Morgan fingerprint density at radius 1 is 1.14 bits per heavy atom. The van der Waals surface area contributed by atoms with Gasteiger partial charge in [-0.05, 0) is 31.2 Å². The molecule has 1 aliphatic rings. The number of anilines is 2. The van der Waals surface area contributed by atoms with Crippen molar-refractivity contribution in [1.82, 2.24) is 14.8 Å². The lowest BCUT2D eigenvalue weighted by Crippen LogP contribution is -2.50. The summed E-state index contributed by atoms with van der Waals surface area (Å²) in [5, 5.41) is 12.3. The Hall–Kier alpha value is -3.60. The van der Waals surface area contributed by atoms with Crippen LogP contribution in [-0.2, 0) is 4.74 Å². The van der Waals surface area contributed by atoms with Gasteiger partial charge < -0.3 is 19.9 Å². The first-order valence-corrected chi connectivity index (χ1v) is 9.05. The summed E-state index contributed by atoms with van der Waals surface area (Å²) in [5.74, 6) is -0.174. The van der Waals surface area contributed by atoms with Crippen LogP contribution in [-0.4, -0.2) is 59.6 Å². The van der Waals surface area contributed by atoms with Crippen LogP contribution < -0.4 is 5.32 Å². The standard InChI is InChI=1S/C20H21N5O3/c1-2-28-20(27)25-11-9-24(10-12-25)19(26)18-8-7-16(14-22-18)23-17-6-4-3-5-15(17)13-21/h3-8,14,23H,2,9-12H2,1H3. The van der Waals surface area contributed by atoms with E-state index in [4.69, 9.17) is 10.00 Å². The molecule has 0 unspecified atom stereocenters. The molecule has 3 rings (SSSR count). The Kier molecular flexibility index (Phi) is 6.07. The van der Waals surface area contributed by atoms with Gasteiger partial charge in [0.25, 0.3) is 5.91 Å². The average Bonchev–Trinajstić information content (AvgIpc) is 2.74. The quantitative estimate of drug-likeness (QED) is 0.877. The summed E-state index contributed by atoms with van der Waals surface area (Å²) in [7, 11) is 0. The van der Waals surface area contributed by atoms with Crippen molar-refractivity contribution in [2.45, 2.75) is 6.92 Å². The largest absolute Gasteiger partial charge is 0.450 e. The highest BCUT2D eigenvalue weighted by atomic mass is 16.6. The van der Waals surface area contributed by atoms with E-state index in [9.17, 15) is 9.59 Å². The second-order valence-electron chi connectivity index (χ2n) is 6.19. The normalized spacial score (nSPS) is 13.6. The maximum absolute atomic E-state index is 12.6. The van der Waals surface area contributed by atoms with Crippen molar-refractivity contribution < 1.29 is 14.3 Å². The first-order valence-electron chi connectivity index (χ1n) is 9.05. The van der Waals surface area contributed by atoms with Gasteiger partial charge in [-0.15, -0.1) is 0 Å². The summed E-state index contributed by atoms with van der Waals surface area (Å²) < 4.78 is 4.98.